The van der Waals surface area contributed by atoms with Gasteiger partial charge in [0.05, 0.1) is 0 Å². The van der Waals surface area contributed by atoms with Gasteiger partial charge in [-0.1, -0.05) is 65.9 Å². The van der Waals surface area contributed by atoms with E-state index in [1.165, 1.54) is 28.0 Å². The van der Waals surface area contributed by atoms with Gasteiger partial charge in [-0.05, 0) is 36.0 Å². The molecular formula is C24H25N5O2S. The van der Waals surface area contributed by atoms with Gasteiger partial charge in [-0.2, -0.15) is 0 Å². The van der Waals surface area contributed by atoms with Gasteiger partial charge in [-0.25, -0.2) is 4.79 Å². The molecule has 5 rings (SSSR count). The minimum absolute atomic E-state index is 0.0526. The molecule has 2 heterocycles. The lowest BCUT2D eigenvalue weighted by Crippen LogP contribution is -2.43. The monoisotopic (exact) mass is 447 g/mol. The third-order valence-corrected chi connectivity index (χ3v) is 7.25. The molecule has 2 N–H and O–H groups in total. The Morgan fingerprint density at radius 2 is 1.75 bits per heavy atom. The van der Waals surface area contributed by atoms with Crippen molar-refractivity contribution < 1.29 is 9.59 Å². The average molecular weight is 448 g/mol. The fraction of sp³-hybridized carbons (Fsp3) is 0.333. The summed E-state index contributed by atoms with van der Waals surface area (Å²) in [6.07, 6.45) is 3.14. The van der Waals surface area contributed by atoms with Crippen molar-refractivity contribution in [2.75, 3.05) is 18.4 Å². The van der Waals surface area contributed by atoms with E-state index < -0.39 is 0 Å². The molecule has 1 aromatic heterocycles. The van der Waals surface area contributed by atoms with Crippen LogP contribution in [0.4, 0.5) is 9.93 Å². The zero-order valence-electron chi connectivity index (χ0n) is 17.7. The smallest absolute Gasteiger partial charge is 0.317 e. The zero-order chi connectivity index (χ0) is 22.0. The Bertz CT molecular complexity index is 1130. The molecule has 0 bridgehead atoms. The predicted octanol–water partition coefficient (Wildman–Crippen LogP) is 3.71. The number of benzene rings is 2. The number of nitrogens with one attached hydrogen (secondary N) is 2. The van der Waals surface area contributed by atoms with Crippen molar-refractivity contribution in [2.24, 2.45) is 0 Å². The van der Waals surface area contributed by atoms with Crippen LogP contribution < -0.4 is 10.6 Å². The Hall–Kier alpha value is -3.26. The Morgan fingerprint density at radius 1 is 1.00 bits per heavy atom. The Labute approximate surface area is 190 Å². The first-order chi connectivity index (χ1) is 15.6. The van der Waals surface area contributed by atoms with Crippen molar-refractivity contribution in [1.29, 1.82) is 0 Å². The maximum atomic E-state index is 12.5. The van der Waals surface area contributed by atoms with Crippen LogP contribution in [0.2, 0.25) is 0 Å². The van der Waals surface area contributed by atoms with E-state index in [1.54, 1.807) is 4.90 Å². The van der Waals surface area contributed by atoms with Gasteiger partial charge in [0.15, 0.2) is 0 Å². The molecule has 1 saturated carbocycles. The average Bonchev–Trinajstić information content (AvgIpc) is 3.51. The Balaban J connectivity index is 1.10. The van der Waals surface area contributed by atoms with Crippen molar-refractivity contribution in [3.05, 3.63) is 76.3 Å². The maximum Gasteiger partial charge on any atom is 0.317 e. The molecule has 2 aromatic carbocycles. The molecule has 0 spiro atoms. The maximum absolute atomic E-state index is 12.5. The summed E-state index contributed by atoms with van der Waals surface area (Å²) in [7, 11) is 0. The number of aromatic nitrogens is 2. The minimum Gasteiger partial charge on any atom is -0.337 e. The highest BCUT2D eigenvalue weighted by atomic mass is 32.1. The molecule has 8 heteroatoms. The van der Waals surface area contributed by atoms with Crippen LogP contribution in [0.15, 0.2) is 54.6 Å². The van der Waals surface area contributed by atoms with Crippen molar-refractivity contribution in [3.63, 3.8) is 0 Å². The number of urea groups is 1. The normalized spacial score (nSPS) is 16.2. The quantitative estimate of drug-likeness (QED) is 0.603. The molecule has 1 aliphatic heterocycles. The third-order valence-electron chi connectivity index (χ3n) is 6.20. The number of hydrogen-bond donors (Lipinski definition) is 2. The largest absolute Gasteiger partial charge is 0.337 e. The molecule has 3 aromatic rings. The van der Waals surface area contributed by atoms with Crippen LogP contribution in [-0.4, -0.2) is 40.1 Å². The topological polar surface area (TPSA) is 87.2 Å². The van der Waals surface area contributed by atoms with E-state index >= 15 is 0 Å². The lowest BCUT2D eigenvalue weighted by atomic mass is 9.97. The highest BCUT2D eigenvalue weighted by molar-refractivity contribution is 7.15. The molecule has 0 radical (unpaired) electrons. The van der Waals surface area contributed by atoms with Crippen molar-refractivity contribution in [1.82, 2.24) is 20.4 Å². The summed E-state index contributed by atoms with van der Waals surface area (Å²) in [5.41, 5.74) is 3.68. The van der Waals surface area contributed by atoms with E-state index in [0.29, 0.717) is 18.2 Å². The van der Waals surface area contributed by atoms with Gasteiger partial charge in [-0.3, -0.25) is 4.79 Å². The molecule has 0 atom stereocenters. The van der Waals surface area contributed by atoms with Gasteiger partial charge in [0.25, 0.3) is 0 Å². The highest BCUT2D eigenvalue weighted by Gasteiger charge is 2.48. The van der Waals surface area contributed by atoms with E-state index in [1.807, 2.05) is 30.3 Å². The molecular weight excluding hydrogens is 422 g/mol. The number of carbonyl (C=O) groups excluding carboxylic acids is 2. The molecule has 164 valence electrons. The van der Waals surface area contributed by atoms with Crippen LogP contribution in [0.5, 0.6) is 0 Å². The van der Waals surface area contributed by atoms with Gasteiger partial charge in [0, 0.05) is 31.5 Å². The van der Waals surface area contributed by atoms with E-state index in [2.05, 4.69) is 45.1 Å². The Morgan fingerprint density at radius 3 is 2.53 bits per heavy atom. The molecule has 1 aliphatic carbocycles. The fourth-order valence-electron chi connectivity index (χ4n) is 4.22. The SMILES string of the molecule is O=C(CCNC(=O)N1CCc2ccccc2C1)Nc1nnc(C2(c3ccccc3)CC2)s1. The fourth-order valence-corrected chi connectivity index (χ4v) is 5.25. The van der Waals surface area contributed by atoms with Gasteiger partial charge >= 0.3 is 6.03 Å². The lowest BCUT2D eigenvalue weighted by Gasteiger charge is -2.28. The van der Waals surface area contributed by atoms with Crippen LogP contribution >= 0.6 is 11.3 Å². The zero-order valence-corrected chi connectivity index (χ0v) is 18.5. The van der Waals surface area contributed by atoms with E-state index in [0.717, 1.165) is 24.3 Å². The number of hydrogen-bond acceptors (Lipinski definition) is 5. The van der Waals surface area contributed by atoms with Crippen molar-refractivity contribution in [3.8, 4) is 0 Å². The van der Waals surface area contributed by atoms with Gasteiger partial charge in [-0.15, -0.1) is 10.2 Å². The van der Waals surface area contributed by atoms with Crippen LogP contribution in [0.1, 0.15) is 41.0 Å². The van der Waals surface area contributed by atoms with E-state index in [-0.39, 0.29) is 30.3 Å². The number of fused-ring (bicyclic) bond motifs is 1. The molecule has 0 unspecified atom stereocenters. The second-order valence-corrected chi connectivity index (χ2v) is 9.31. The first-order valence-corrected chi connectivity index (χ1v) is 11.7. The summed E-state index contributed by atoms with van der Waals surface area (Å²) in [6.45, 7) is 1.57. The predicted molar refractivity (Wildman–Crippen MR) is 124 cm³/mol. The second kappa shape index (κ2) is 8.70. The first-order valence-electron chi connectivity index (χ1n) is 10.9. The molecule has 3 amide bonds. The standard InChI is InChI=1S/C24H25N5O2S/c30-20(10-14-25-23(31)29-15-11-17-6-4-5-7-18(17)16-29)26-22-28-27-21(32-22)24(12-13-24)19-8-2-1-3-9-19/h1-9H,10-16H2,(H,25,31)(H,26,28,30). The molecule has 7 nitrogen and oxygen atoms in total. The number of amides is 3. The molecule has 0 saturated heterocycles. The number of rotatable bonds is 6. The number of nitrogens with zero attached hydrogens (tertiary/aromatic N) is 3. The summed E-state index contributed by atoms with van der Waals surface area (Å²) in [5.74, 6) is -0.179. The van der Waals surface area contributed by atoms with E-state index in [4.69, 9.17) is 0 Å². The highest BCUT2D eigenvalue weighted by Crippen LogP contribution is 2.54. The third kappa shape index (κ3) is 4.23. The lowest BCUT2D eigenvalue weighted by molar-refractivity contribution is -0.116. The number of carbonyl (C=O) groups is 2. The van der Waals surface area contributed by atoms with Crippen LogP contribution in [0.3, 0.4) is 0 Å². The van der Waals surface area contributed by atoms with Crippen LogP contribution in [-0.2, 0) is 23.2 Å². The first kappa shape index (κ1) is 20.6. The summed E-state index contributed by atoms with van der Waals surface area (Å²) in [4.78, 5) is 26.6. The Kier molecular flexibility index (Phi) is 5.61. The van der Waals surface area contributed by atoms with Crippen molar-refractivity contribution >= 4 is 28.4 Å². The van der Waals surface area contributed by atoms with Crippen molar-refractivity contribution in [2.45, 2.75) is 37.6 Å². The molecule has 2 aliphatic rings. The van der Waals surface area contributed by atoms with Gasteiger partial charge in [0.1, 0.15) is 5.01 Å². The van der Waals surface area contributed by atoms with Gasteiger partial charge in [0.2, 0.25) is 11.0 Å². The summed E-state index contributed by atoms with van der Waals surface area (Å²) in [5, 5.41) is 15.6. The summed E-state index contributed by atoms with van der Waals surface area (Å²) < 4.78 is 0. The summed E-state index contributed by atoms with van der Waals surface area (Å²) >= 11 is 1.43. The molecule has 1 fully saturated rings. The van der Waals surface area contributed by atoms with Crippen LogP contribution in [0, 0.1) is 0 Å². The van der Waals surface area contributed by atoms with E-state index in [9.17, 15) is 9.59 Å². The minimum atomic E-state index is -0.179. The molecule has 32 heavy (non-hydrogen) atoms. The summed E-state index contributed by atoms with van der Waals surface area (Å²) in [6, 6.07) is 18.4. The second-order valence-electron chi connectivity index (χ2n) is 8.33. The van der Waals surface area contributed by atoms with Crippen LogP contribution in [0.25, 0.3) is 0 Å². The van der Waals surface area contributed by atoms with Gasteiger partial charge < -0.3 is 15.5 Å². The number of anilines is 1.